The molecule has 2 aliphatic rings. The Bertz CT molecular complexity index is 840. The van der Waals surface area contributed by atoms with Crippen molar-refractivity contribution in [1.82, 2.24) is 15.2 Å². The Balaban J connectivity index is 1.37. The molecule has 0 aliphatic carbocycles. The lowest BCUT2D eigenvalue weighted by molar-refractivity contribution is -0.181. The van der Waals surface area contributed by atoms with E-state index in [1.807, 2.05) is 12.1 Å². The molecular formula is C21H23N3O4. The van der Waals surface area contributed by atoms with Gasteiger partial charge in [-0.2, -0.15) is 0 Å². The van der Waals surface area contributed by atoms with Gasteiger partial charge in [-0.3, -0.25) is 14.6 Å². The van der Waals surface area contributed by atoms with Gasteiger partial charge in [-0.1, -0.05) is 6.07 Å². The summed E-state index contributed by atoms with van der Waals surface area (Å²) < 4.78 is 11.4. The van der Waals surface area contributed by atoms with Gasteiger partial charge in [-0.25, -0.2) is 0 Å². The van der Waals surface area contributed by atoms with Gasteiger partial charge in [0.1, 0.15) is 0 Å². The molecule has 2 fully saturated rings. The maximum atomic E-state index is 12.9. The van der Waals surface area contributed by atoms with Crippen LogP contribution in [0.2, 0.25) is 0 Å². The first-order valence-electron chi connectivity index (χ1n) is 9.50. The molecule has 2 amide bonds. The van der Waals surface area contributed by atoms with Gasteiger partial charge in [0, 0.05) is 56.0 Å². The maximum Gasteiger partial charge on any atom is 0.253 e. The van der Waals surface area contributed by atoms with E-state index < -0.39 is 5.79 Å². The molecule has 3 heterocycles. The summed E-state index contributed by atoms with van der Waals surface area (Å²) in [5, 5.41) is 2.87. The molecule has 1 spiro atoms. The van der Waals surface area contributed by atoms with Crippen molar-refractivity contribution in [3.05, 3.63) is 65.5 Å². The number of nitrogens with one attached hydrogen (secondary N) is 1. The molecule has 7 heteroatoms. The average molecular weight is 381 g/mol. The summed E-state index contributed by atoms with van der Waals surface area (Å²) in [6.45, 7) is 2.80. The Morgan fingerprint density at radius 1 is 1.04 bits per heavy atom. The minimum Gasteiger partial charge on any atom is -0.348 e. The van der Waals surface area contributed by atoms with Gasteiger partial charge in [0.25, 0.3) is 11.8 Å². The lowest BCUT2D eigenvalue weighted by Crippen LogP contribution is -2.47. The van der Waals surface area contributed by atoms with Crippen molar-refractivity contribution in [2.24, 2.45) is 0 Å². The first kappa shape index (κ1) is 18.6. The number of piperidine rings is 1. The van der Waals surface area contributed by atoms with Crippen LogP contribution in [0.4, 0.5) is 0 Å². The molecule has 0 bridgehead atoms. The van der Waals surface area contributed by atoms with Crippen LogP contribution < -0.4 is 5.32 Å². The van der Waals surface area contributed by atoms with E-state index in [0.717, 1.165) is 5.56 Å². The Morgan fingerprint density at radius 2 is 1.71 bits per heavy atom. The summed E-state index contributed by atoms with van der Waals surface area (Å²) in [6.07, 6.45) is 4.71. The Labute approximate surface area is 163 Å². The van der Waals surface area contributed by atoms with E-state index in [1.54, 1.807) is 41.6 Å². The van der Waals surface area contributed by atoms with Crippen molar-refractivity contribution in [1.29, 1.82) is 0 Å². The van der Waals surface area contributed by atoms with Crippen LogP contribution in [0.5, 0.6) is 0 Å². The number of pyridine rings is 1. The highest BCUT2D eigenvalue weighted by Crippen LogP contribution is 2.31. The summed E-state index contributed by atoms with van der Waals surface area (Å²) in [6, 6.07) is 10.5. The van der Waals surface area contributed by atoms with E-state index in [1.165, 1.54) is 0 Å². The third-order valence-electron chi connectivity index (χ3n) is 5.20. The number of nitrogens with zero attached hydrogens (tertiary/aromatic N) is 2. The minimum atomic E-state index is -0.508. The molecule has 2 aromatic rings. The molecule has 0 saturated carbocycles. The number of likely N-dealkylation sites (tertiary alicyclic amines) is 1. The van der Waals surface area contributed by atoms with Crippen molar-refractivity contribution in [2.45, 2.75) is 25.2 Å². The highest BCUT2D eigenvalue weighted by Gasteiger charge is 2.40. The number of carbonyl (C=O) groups is 2. The predicted octanol–water partition coefficient (Wildman–Crippen LogP) is 1.99. The first-order chi connectivity index (χ1) is 13.7. The summed E-state index contributed by atoms with van der Waals surface area (Å²) in [7, 11) is 0. The first-order valence-corrected chi connectivity index (χ1v) is 9.50. The van der Waals surface area contributed by atoms with Crippen LogP contribution in [-0.4, -0.2) is 53.8 Å². The Morgan fingerprint density at radius 3 is 2.43 bits per heavy atom. The van der Waals surface area contributed by atoms with E-state index in [-0.39, 0.29) is 11.8 Å². The van der Waals surface area contributed by atoms with Crippen LogP contribution in [0.3, 0.4) is 0 Å². The van der Waals surface area contributed by atoms with Gasteiger partial charge in [0.15, 0.2) is 5.79 Å². The van der Waals surface area contributed by atoms with Crippen LogP contribution in [0, 0.1) is 0 Å². The summed E-state index contributed by atoms with van der Waals surface area (Å²) in [5.74, 6) is -0.792. The highest BCUT2D eigenvalue weighted by atomic mass is 16.7. The van der Waals surface area contributed by atoms with Crippen LogP contribution in [0.25, 0.3) is 0 Å². The molecule has 2 saturated heterocycles. The maximum absolute atomic E-state index is 12.9. The predicted molar refractivity (Wildman–Crippen MR) is 102 cm³/mol. The van der Waals surface area contributed by atoms with Gasteiger partial charge in [0.2, 0.25) is 0 Å². The van der Waals surface area contributed by atoms with Crippen LogP contribution in [0.1, 0.15) is 39.1 Å². The lowest BCUT2D eigenvalue weighted by atomic mass is 10.0. The van der Waals surface area contributed by atoms with Crippen LogP contribution in [-0.2, 0) is 16.0 Å². The second-order valence-electron chi connectivity index (χ2n) is 7.02. The zero-order valence-electron chi connectivity index (χ0n) is 15.6. The number of ether oxygens (including phenoxy) is 2. The van der Waals surface area contributed by atoms with E-state index in [4.69, 9.17) is 9.47 Å². The smallest absolute Gasteiger partial charge is 0.253 e. The molecule has 0 radical (unpaired) electrons. The molecule has 0 unspecified atom stereocenters. The number of amides is 2. The van der Waals surface area contributed by atoms with Gasteiger partial charge >= 0.3 is 0 Å². The Hall–Kier alpha value is -2.77. The quantitative estimate of drug-likeness (QED) is 0.876. The molecule has 1 N–H and O–H groups in total. The highest BCUT2D eigenvalue weighted by molar-refractivity contribution is 5.99. The molecule has 1 aromatic heterocycles. The largest absolute Gasteiger partial charge is 0.348 e. The zero-order valence-corrected chi connectivity index (χ0v) is 15.6. The van der Waals surface area contributed by atoms with Crippen molar-refractivity contribution < 1.29 is 19.1 Å². The molecule has 7 nitrogen and oxygen atoms in total. The van der Waals surface area contributed by atoms with Gasteiger partial charge < -0.3 is 19.7 Å². The molecule has 2 aliphatic heterocycles. The lowest BCUT2D eigenvalue weighted by Gasteiger charge is -2.37. The monoisotopic (exact) mass is 381 g/mol. The number of hydrogen-bond acceptors (Lipinski definition) is 5. The molecule has 146 valence electrons. The number of carbonyl (C=O) groups excluding carboxylic acids is 2. The van der Waals surface area contributed by atoms with E-state index in [2.05, 4.69) is 10.3 Å². The van der Waals surface area contributed by atoms with Gasteiger partial charge in [-0.05, 0) is 35.9 Å². The minimum absolute atomic E-state index is 0.0726. The third-order valence-corrected chi connectivity index (χ3v) is 5.20. The van der Waals surface area contributed by atoms with Gasteiger partial charge in [0.05, 0.1) is 13.2 Å². The van der Waals surface area contributed by atoms with Crippen LogP contribution in [0.15, 0.2) is 48.8 Å². The third kappa shape index (κ3) is 4.05. The molecule has 1 aromatic carbocycles. The molecule has 28 heavy (non-hydrogen) atoms. The Kier molecular flexibility index (Phi) is 5.36. The standard InChI is InChI=1S/C21H23N3O4/c25-19(23-15-16-4-8-22-9-5-16)17-2-1-3-18(14-17)20(26)24-10-6-21(7-11-24)27-12-13-28-21/h1-5,8-9,14H,6-7,10-13,15H2,(H,23,25). The molecule has 4 rings (SSSR count). The SMILES string of the molecule is O=C(NCc1ccncc1)c1cccc(C(=O)N2CCC3(CC2)OCCO3)c1. The van der Waals surface area contributed by atoms with E-state index in [0.29, 0.717) is 56.8 Å². The summed E-state index contributed by atoms with van der Waals surface area (Å²) in [4.78, 5) is 31.1. The zero-order chi connectivity index (χ0) is 19.4. The van der Waals surface area contributed by atoms with E-state index in [9.17, 15) is 9.59 Å². The van der Waals surface area contributed by atoms with Crippen molar-refractivity contribution >= 4 is 11.8 Å². The van der Waals surface area contributed by atoms with Gasteiger partial charge in [-0.15, -0.1) is 0 Å². The fraction of sp³-hybridized carbons (Fsp3) is 0.381. The number of rotatable bonds is 4. The molecule has 0 atom stereocenters. The van der Waals surface area contributed by atoms with Crippen LogP contribution >= 0.6 is 0 Å². The van der Waals surface area contributed by atoms with Crippen molar-refractivity contribution in [3.63, 3.8) is 0 Å². The number of aromatic nitrogens is 1. The summed E-state index contributed by atoms with van der Waals surface area (Å²) >= 11 is 0. The molecular weight excluding hydrogens is 358 g/mol. The summed E-state index contributed by atoms with van der Waals surface area (Å²) in [5.41, 5.74) is 1.95. The van der Waals surface area contributed by atoms with E-state index >= 15 is 0 Å². The normalized spacial score (nSPS) is 18.2. The second kappa shape index (κ2) is 8.08. The fourth-order valence-corrected chi connectivity index (χ4v) is 3.60. The number of benzene rings is 1. The van der Waals surface area contributed by atoms with Crippen molar-refractivity contribution in [2.75, 3.05) is 26.3 Å². The average Bonchev–Trinajstić information content (AvgIpc) is 3.21. The number of hydrogen-bond donors (Lipinski definition) is 1. The second-order valence-corrected chi connectivity index (χ2v) is 7.02. The fourth-order valence-electron chi connectivity index (χ4n) is 3.60. The van der Waals surface area contributed by atoms with Crippen molar-refractivity contribution in [3.8, 4) is 0 Å². The topological polar surface area (TPSA) is 80.8 Å².